The molecule has 0 aliphatic heterocycles. The van der Waals surface area contributed by atoms with Crippen LogP contribution in [0.1, 0.15) is 11.8 Å². The Morgan fingerprint density at radius 1 is 1.54 bits per heavy atom. The molecule has 1 nitrogen and oxygen atoms in total. The molecule has 1 unspecified atom stereocenters. The van der Waals surface area contributed by atoms with E-state index >= 15 is 0 Å². The maximum absolute atomic E-state index is 12.0. The van der Waals surface area contributed by atoms with E-state index in [2.05, 4.69) is 5.32 Å². The highest BCUT2D eigenvalue weighted by Crippen LogP contribution is 2.08. The second kappa shape index (κ2) is 5.29. The van der Waals surface area contributed by atoms with E-state index < -0.39 is 12.5 Å². The van der Waals surface area contributed by atoms with Gasteiger partial charge in [0.2, 0.25) is 0 Å². The van der Waals surface area contributed by atoms with Crippen molar-refractivity contribution in [1.29, 1.82) is 0 Å². The summed E-state index contributed by atoms with van der Waals surface area (Å²) in [5, 5.41) is 4.77. The topological polar surface area (TPSA) is 12.0 Å². The summed E-state index contributed by atoms with van der Waals surface area (Å²) >= 11 is 1.66. The van der Waals surface area contributed by atoms with E-state index in [0.717, 1.165) is 6.42 Å². The maximum Gasteiger partial charge on any atom is 0.253 e. The van der Waals surface area contributed by atoms with E-state index in [1.54, 1.807) is 11.3 Å². The van der Waals surface area contributed by atoms with Crippen molar-refractivity contribution in [2.24, 2.45) is 0 Å². The molecule has 0 amide bonds. The van der Waals surface area contributed by atoms with E-state index in [1.165, 1.54) is 11.8 Å². The van der Waals surface area contributed by atoms with Crippen molar-refractivity contribution < 1.29 is 8.78 Å². The van der Waals surface area contributed by atoms with Gasteiger partial charge in [-0.3, -0.25) is 0 Å². The second-order valence-electron chi connectivity index (χ2n) is 2.91. The van der Waals surface area contributed by atoms with Gasteiger partial charge in [-0.15, -0.1) is 11.3 Å². The average molecular weight is 205 g/mol. The molecule has 4 heteroatoms. The van der Waals surface area contributed by atoms with E-state index in [-0.39, 0.29) is 0 Å². The predicted octanol–water partition coefficient (Wildman–Crippen LogP) is 2.53. The van der Waals surface area contributed by atoms with Crippen molar-refractivity contribution in [2.45, 2.75) is 25.8 Å². The number of alkyl halides is 2. The molecule has 0 aliphatic carbocycles. The van der Waals surface area contributed by atoms with Crippen molar-refractivity contribution in [3.63, 3.8) is 0 Å². The Morgan fingerprint density at radius 2 is 2.31 bits per heavy atom. The quantitative estimate of drug-likeness (QED) is 0.779. The van der Waals surface area contributed by atoms with E-state index in [0.29, 0.717) is 6.54 Å². The van der Waals surface area contributed by atoms with E-state index in [4.69, 9.17) is 0 Å². The van der Waals surface area contributed by atoms with Gasteiger partial charge in [-0.1, -0.05) is 6.07 Å². The van der Waals surface area contributed by atoms with Crippen LogP contribution in [-0.4, -0.2) is 19.0 Å². The minimum Gasteiger partial charge on any atom is -0.309 e. The van der Waals surface area contributed by atoms with Crippen LogP contribution in [0.3, 0.4) is 0 Å². The van der Waals surface area contributed by atoms with Crippen LogP contribution < -0.4 is 5.32 Å². The summed E-state index contributed by atoms with van der Waals surface area (Å²) in [6, 6.07) is 3.27. The molecular weight excluding hydrogens is 192 g/mol. The van der Waals surface area contributed by atoms with E-state index in [9.17, 15) is 8.78 Å². The molecule has 74 valence electrons. The van der Waals surface area contributed by atoms with Crippen molar-refractivity contribution in [2.75, 3.05) is 6.54 Å². The molecule has 1 heterocycles. The SMILES string of the molecule is CC(NCCc1cccs1)C(F)F. The van der Waals surface area contributed by atoms with Crippen LogP contribution in [0.25, 0.3) is 0 Å². The van der Waals surface area contributed by atoms with Gasteiger partial charge in [0.15, 0.2) is 0 Å². The van der Waals surface area contributed by atoms with E-state index in [1.807, 2.05) is 17.5 Å². The van der Waals surface area contributed by atoms with Crippen molar-refractivity contribution in [3.8, 4) is 0 Å². The molecule has 1 atom stereocenters. The minimum atomic E-state index is -2.27. The Hall–Kier alpha value is -0.480. The van der Waals surface area contributed by atoms with Gasteiger partial charge in [-0.2, -0.15) is 0 Å². The fourth-order valence-corrected chi connectivity index (χ4v) is 1.68. The summed E-state index contributed by atoms with van der Waals surface area (Å²) in [4.78, 5) is 1.23. The first-order valence-electron chi connectivity index (χ1n) is 4.24. The summed E-state index contributed by atoms with van der Waals surface area (Å²) in [7, 11) is 0. The monoisotopic (exact) mass is 205 g/mol. The van der Waals surface area contributed by atoms with Gasteiger partial charge in [0.05, 0.1) is 6.04 Å². The van der Waals surface area contributed by atoms with Crippen LogP contribution in [0.4, 0.5) is 8.78 Å². The molecule has 0 saturated carbocycles. The Balaban J connectivity index is 2.14. The zero-order chi connectivity index (χ0) is 9.68. The molecule has 0 saturated heterocycles. The standard InChI is InChI=1S/C9H13F2NS/c1-7(9(10)11)12-5-4-8-3-2-6-13-8/h2-3,6-7,9,12H,4-5H2,1H3. The van der Waals surface area contributed by atoms with Crippen LogP contribution in [0.5, 0.6) is 0 Å². The molecule has 0 aromatic carbocycles. The number of thiophene rings is 1. The molecular formula is C9H13F2NS. The van der Waals surface area contributed by atoms with Gasteiger partial charge < -0.3 is 5.32 Å². The molecule has 0 fully saturated rings. The fraction of sp³-hybridized carbons (Fsp3) is 0.556. The molecule has 0 aliphatic rings. The lowest BCUT2D eigenvalue weighted by Crippen LogP contribution is -2.33. The number of halogens is 2. The minimum absolute atomic E-state index is 0.617. The van der Waals surface area contributed by atoms with Crippen LogP contribution in [0.15, 0.2) is 17.5 Å². The first-order valence-corrected chi connectivity index (χ1v) is 5.12. The Bertz CT molecular complexity index is 224. The number of nitrogens with one attached hydrogen (secondary N) is 1. The van der Waals surface area contributed by atoms with Crippen molar-refractivity contribution in [3.05, 3.63) is 22.4 Å². The maximum atomic E-state index is 12.0. The lowest BCUT2D eigenvalue weighted by molar-refractivity contribution is 0.106. The highest BCUT2D eigenvalue weighted by Gasteiger charge is 2.12. The zero-order valence-corrected chi connectivity index (χ0v) is 8.28. The summed E-state index contributed by atoms with van der Waals surface area (Å²) in [5.74, 6) is 0. The zero-order valence-electron chi connectivity index (χ0n) is 7.47. The molecule has 1 aromatic rings. The third-order valence-electron chi connectivity index (χ3n) is 1.80. The molecule has 1 N–H and O–H groups in total. The smallest absolute Gasteiger partial charge is 0.253 e. The van der Waals surface area contributed by atoms with Crippen LogP contribution in [0, 0.1) is 0 Å². The summed E-state index contributed by atoms with van der Waals surface area (Å²) in [5.41, 5.74) is 0. The summed E-state index contributed by atoms with van der Waals surface area (Å²) in [6.07, 6.45) is -1.45. The molecule has 1 rings (SSSR count). The van der Waals surface area contributed by atoms with Gasteiger partial charge in [-0.05, 0) is 24.8 Å². The second-order valence-corrected chi connectivity index (χ2v) is 3.94. The van der Waals surface area contributed by atoms with Crippen molar-refractivity contribution >= 4 is 11.3 Å². The van der Waals surface area contributed by atoms with Crippen molar-refractivity contribution in [1.82, 2.24) is 5.32 Å². The number of hydrogen-bond acceptors (Lipinski definition) is 2. The molecule has 0 spiro atoms. The van der Waals surface area contributed by atoms with Crippen LogP contribution in [0.2, 0.25) is 0 Å². The highest BCUT2D eigenvalue weighted by atomic mass is 32.1. The Kier molecular flexibility index (Phi) is 4.32. The van der Waals surface area contributed by atoms with Gasteiger partial charge in [-0.25, -0.2) is 8.78 Å². The normalized spacial score (nSPS) is 13.5. The largest absolute Gasteiger partial charge is 0.309 e. The Morgan fingerprint density at radius 3 is 2.85 bits per heavy atom. The van der Waals surface area contributed by atoms with Gasteiger partial charge >= 0.3 is 0 Å². The average Bonchev–Trinajstić information content (AvgIpc) is 2.56. The third-order valence-corrected chi connectivity index (χ3v) is 2.73. The lowest BCUT2D eigenvalue weighted by atomic mass is 10.3. The molecule has 0 radical (unpaired) electrons. The lowest BCUT2D eigenvalue weighted by Gasteiger charge is -2.11. The first kappa shape index (κ1) is 10.6. The molecule has 13 heavy (non-hydrogen) atoms. The third kappa shape index (κ3) is 3.83. The molecule has 0 bridgehead atoms. The Labute approximate surface area is 80.8 Å². The van der Waals surface area contributed by atoms with Gasteiger partial charge in [0.1, 0.15) is 0 Å². The predicted molar refractivity (Wildman–Crippen MR) is 51.5 cm³/mol. The first-order chi connectivity index (χ1) is 6.20. The number of rotatable bonds is 5. The van der Waals surface area contributed by atoms with Crippen LogP contribution in [-0.2, 0) is 6.42 Å². The fourth-order valence-electron chi connectivity index (χ4n) is 0.967. The van der Waals surface area contributed by atoms with Gasteiger partial charge in [0.25, 0.3) is 6.43 Å². The van der Waals surface area contributed by atoms with Gasteiger partial charge in [0, 0.05) is 11.4 Å². The van der Waals surface area contributed by atoms with Crippen LogP contribution >= 0.6 is 11.3 Å². The molecule has 1 aromatic heterocycles. The highest BCUT2D eigenvalue weighted by molar-refractivity contribution is 7.09. The summed E-state index contributed by atoms with van der Waals surface area (Å²) < 4.78 is 24.1. The summed E-state index contributed by atoms with van der Waals surface area (Å²) in [6.45, 7) is 2.12. The number of hydrogen-bond donors (Lipinski definition) is 1.